The number of esters is 1. The molecule has 0 aliphatic rings. The first-order chi connectivity index (χ1) is 16.3. The van der Waals surface area contributed by atoms with E-state index in [-0.39, 0.29) is 30.7 Å². The van der Waals surface area contributed by atoms with Crippen LogP contribution in [0.3, 0.4) is 0 Å². The predicted molar refractivity (Wildman–Crippen MR) is 149 cm³/mol. The van der Waals surface area contributed by atoms with Crippen molar-refractivity contribution in [1.82, 2.24) is 4.98 Å². The van der Waals surface area contributed by atoms with Gasteiger partial charge in [0.15, 0.2) is 0 Å². The molecule has 0 bridgehead atoms. The Hall–Kier alpha value is -2.97. The van der Waals surface area contributed by atoms with Gasteiger partial charge in [0.2, 0.25) is 0 Å². The molecule has 0 aliphatic heterocycles. The lowest BCUT2D eigenvalue weighted by Gasteiger charge is -2.21. The molecule has 2 aromatic carbocycles. The van der Waals surface area contributed by atoms with Crippen molar-refractivity contribution in [2.75, 3.05) is 12.4 Å². The molecule has 7 nitrogen and oxygen atoms in total. The molecule has 194 valence electrons. The summed E-state index contributed by atoms with van der Waals surface area (Å²) in [5.41, 5.74) is 18.8. The average Bonchev–Trinajstić information content (AvgIpc) is 2.84. The van der Waals surface area contributed by atoms with Crippen LogP contribution in [-0.4, -0.2) is 24.0 Å². The molecule has 0 fully saturated rings. The molecule has 1 amide bonds. The fraction of sp³-hybridized carbons (Fsp3) is 0.296. The van der Waals surface area contributed by atoms with E-state index in [1.807, 2.05) is 31.2 Å². The van der Waals surface area contributed by atoms with Crippen LogP contribution in [0.2, 0.25) is 0 Å². The second kappa shape index (κ2) is 13.9. The van der Waals surface area contributed by atoms with Gasteiger partial charge in [0, 0.05) is 29.9 Å². The predicted octanol–water partition coefficient (Wildman–Crippen LogP) is 5.06. The van der Waals surface area contributed by atoms with Crippen LogP contribution in [-0.2, 0) is 24.2 Å². The maximum absolute atomic E-state index is 13.2. The molecule has 36 heavy (non-hydrogen) atoms. The lowest BCUT2D eigenvalue weighted by molar-refractivity contribution is 0.0600. The number of rotatable bonds is 8. The summed E-state index contributed by atoms with van der Waals surface area (Å²) in [5.74, 6) is -0.359. The van der Waals surface area contributed by atoms with Gasteiger partial charge in [-0.1, -0.05) is 38.1 Å². The Morgan fingerprint density at radius 2 is 1.53 bits per heavy atom. The van der Waals surface area contributed by atoms with Crippen molar-refractivity contribution in [3.8, 4) is 11.1 Å². The molecular weight excluding hydrogens is 499 g/mol. The summed E-state index contributed by atoms with van der Waals surface area (Å²) >= 11 is 0. The average molecular weight is 534 g/mol. The number of halogens is 2. The number of anilines is 1. The third-order valence-electron chi connectivity index (χ3n) is 5.66. The zero-order valence-corrected chi connectivity index (χ0v) is 22.6. The molecule has 0 unspecified atom stereocenters. The van der Waals surface area contributed by atoms with E-state index < -0.39 is 5.97 Å². The van der Waals surface area contributed by atoms with Crippen molar-refractivity contribution in [2.24, 2.45) is 17.4 Å². The Morgan fingerprint density at radius 1 is 0.944 bits per heavy atom. The summed E-state index contributed by atoms with van der Waals surface area (Å²) < 4.78 is 4.73. The van der Waals surface area contributed by atoms with Crippen molar-refractivity contribution in [3.63, 3.8) is 0 Å². The highest BCUT2D eigenvalue weighted by Gasteiger charge is 2.21. The van der Waals surface area contributed by atoms with Crippen LogP contribution >= 0.6 is 24.8 Å². The minimum absolute atomic E-state index is 0. The fourth-order valence-electron chi connectivity index (χ4n) is 3.92. The number of carbonyl (C=O) groups is 2. The van der Waals surface area contributed by atoms with Crippen LogP contribution in [0.5, 0.6) is 0 Å². The van der Waals surface area contributed by atoms with E-state index in [9.17, 15) is 9.59 Å². The first-order valence-electron chi connectivity index (χ1n) is 11.3. The van der Waals surface area contributed by atoms with Gasteiger partial charge in [-0.3, -0.25) is 9.78 Å². The van der Waals surface area contributed by atoms with Gasteiger partial charge in [0.25, 0.3) is 5.91 Å². The molecule has 0 saturated heterocycles. The highest BCUT2D eigenvalue weighted by atomic mass is 35.5. The molecule has 9 heteroatoms. The zero-order chi connectivity index (χ0) is 24.8. The van der Waals surface area contributed by atoms with Crippen LogP contribution in [0.15, 0.2) is 48.5 Å². The number of methoxy groups -OCH3 is 1. The number of aromatic nitrogens is 1. The van der Waals surface area contributed by atoms with Crippen LogP contribution in [0.1, 0.15) is 57.1 Å². The van der Waals surface area contributed by atoms with Gasteiger partial charge in [0.1, 0.15) is 0 Å². The van der Waals surface area contributed by atoms with E-state index in [0.717, 1.165) is 34.4 Å². The van der Waals surface area contributed by atoms with Gasteiger partial charge >= 0.3 is 5.97 Å². The van der Waals surface area contributed by atoms with Crippen LogP contribution in [0, 0.1) is 12.8 Å². The quantitative estimate of drug-likeness (QED) is 0.349. The molecule has 0 atom stereocenters. The van der Waals surface area contributed by atoms with Crippen LogP contribution in [0.4, 0.5) is 5.69 Å². The molecule has 0 radical (unpaired) electrons. The van der Waals surface area contributed by atoms with E-state index in [1.165, 1.54) is 7.11 Å². The largest absolute Gasteiger partial charge is 0.465 e. The number of ether oxygens (including phenoxy) is 1. The zero-order valence-electron chi connectivity index (χ0n) is 21.0. The van der Waals surface area contributed by atoms with Gasteiger partial charge in [-0.15, -0.1) is 24.8 Å². The number of hydrogen-bond donors (Lipinski definition) is 3. The molecule has 3 rings (SSSR count). The summed E-state index contributed by atoms with van der Waals surface area (Å²) in [5, 5.41) is 3.04. The van der Waals surface area contributed by atoms with E-state index in [1.54, 1.807) is 24.3 Å². The third kappa shape index (κ3) is 7.04. The standard InChI is InChI=1S/C27H32N4O3.2ClH/c1-16(2)13-23-22(15-29)24(19-7-5-18(14-28)6-8-19)25(17(3)30-23)31-26(32)20-9-11-21(12-10-20)27(33)34-4;;/h5-12,16H,13-15,28-29H2,1-4H3,(H,31,32);2*1H. The second-order valence-electron chi connectivity index (χ2n) is 8.60. The number of benzene rings is 2. The highest BCUT2D eigenvalue weighted by molar-refractivity contribution is 6.07. The number of aryl methyl sites for hydroxylation is 1. The van der Waals surface area contributed by atoms with Gasteiger partial charge in [-0.25, -0.2) is 4.79 Å². The number of nitrogens with two attached hydrogens (primary N) is 2. The summed E-state index contributed by atoms with van der Waals surface area (Å²) in [6, 6.07) is 14.3. The normalized spacial score (nSPS) is 10.3. The number of pyridine rings is 1. The molecule has 1 heterocycles. The third-order valence-corrected chi connectivity index (χ3v) is 5.66. The summed E-state index contributed by atoms with van der Waals surface area (Å²) in [7, 11) is 1.32. The summed E-state index contributed by atoms with van der Waals surface area (Å²) in [4.78, 5) is 29.7. The number of hydrogen-bond acceptors (Lipinski definition) is 6. The Balaban J connectivity index is 0.00000324. The fourth-order valence-corrected chi connectivity index (χ4v) is 3.92. The van der Waals surface area contributed by atoms with Gasteiger partial charge in [-0.05, 0) is 60.2 Å². The van der Waals surface area contributed by atoms with Gasteiger partial charge < -0.3 is 21.5 Å². The van der Waals surface area contributed by atoms with E-state index >= 15 is 0 Å². The van der Waals surface area contributed by atoms with Crippen molar-refractivity contribution in [1.29, 1.82) is 0 Å². The van der Waals surface area contributed by atoms with Crippen molar-refractivity contribution < 1.29 is 14.3 Å². The monoisotopic (exact) mass is 532 g/mol. The van der Waals surface area contributed by atoms with E-state index in [0.29, 0.717) is 41.5 Å². The summed E-state index contributed by atoms with van der Waals surface area (Å²) in [6.45, 7) is 6.91. The highest BCUT2D eigenvalue weighted by Crippen LogP contribution is 2.36. The lowest BCUT2D eigenvalue weighted by atomic mass is 9.92. The van der Waals surface area contributed by atoms with Crippen LogP contribution in [0.25, 0.3) is 11.1 Å². The topological polar surface area (TPSA) is 120 Å². The minimum atomic E-state index is -0.455. The first kappa shape index (κ1) is 31.1. The Kier molecular flexibility index (Phi) is 12.0. The van der Waals surface area contributed by atoms with Crippen molar-refractivity contribution in [3.05, 3.63) is 82.2 Å². The lowest BCUT2D eigenvalue weighted by Crippen LogP contribution is -2.18. The van der Waals surface area contributed by atoms with E-state index in [4.69, 9.17) is 21.2 Å². The molecule has 3 aromatic rings. The second-order valence-corrected chi connectivity index (χ2v) is 8.60. The van der Waals surface area contributed by atoms with Crippen LogP contribution < -0.4 is 16.8 Å². The Morgan fingerprint density at radius 3 is 2.03 bits per heavy atom. The summed E-state index contributed by atoms with van der Waals surface area (Å²) in [6.07, 6.45) is 0.782. The van der Waals surface area contributed by atoms with E-state index in [2.05, 4.69) is 19.2 Å². The van der Waals surface area contributed by atoms with Gasteiger partial charge in [-0.2, -0.15) is 0 Å². The number of amides is 1. The Labute approximate surface area is 224 Å². The number of nitrogens with zero attached hydrogens (tertiary/aromatic N) is 1. The SMILES string of the molecule is COC(=O)c1ccc(C(=O)Nc2c(C)nc(CC(C)C)c(CN)c2-c2ccc(CN)cc2)cc1.Cl.Cl. The molecule has 0 saturated carbocycles. The molecular formula is C27H34Cl2N4O3. The van der Waals surface area contributed by atoms with Crippen molar-refractivity contribution >= 4 is 42.4 Å². The molecule has 0 aliphatic carbocycles. The van der Waals surface area contributed by atoms with Crippen molar-refractivity contribution in [2.45, 2.75) is 40.3 Å². The maximum Gasteiger partial charge on any atom is 0.337 e. The number of nitrogens with one attached hydrogen (secondary N) is 1. The molecule has 5 N–H and O–H groups in total. The minimum Gasteiger partial charge on any atom is -0.465 e. The van der Waals surface area contributed by atoms with Gasteiger partial charge in [0.05, 0.1) is 24.1 Å². The number of carbonyl (C=O) groups excluding carboxylic acids is 2. The molecule has 0 spiro atoms. The molecule has 1 aromatic heterocycles. The Bertz CT molecular complexity index is 1180. The smallest absolute Gasteiger partial charge is 0.337 e. The maximum atomic E-state index is 13.2. The first-order valence-corrected chi connectivity index (χ1v) is 11.3.